The minimum Gasteiger partial charge on any atom is -0.199 e. The van der Waals surface area contributed by atoms with Crippen LogP contribution in [0.5, 0.6) is 0 Å². The van der Waals surface area contributed by atoms with Crippen LogP contribution in [0.25, 0.3) is 0 Å². The lowest BCUT2D eigenvalue weighted by Crippen LogP contribution is -2.35. The Balaban J connectivity index is 1.98. The van der Waals surface area contributed by atoms with Gasteiger partial charge in [0.25, 0.3) is 0 Å². The number of hydrogen-bond donors (Lipinski definition) is 0. The molecule has 1 nitrogen and oxygen atoms in total. The maximum Gasteiger partial charge on any atom is 0.178 e. The zero-order chi connectivity index (χ0) is 19.9. The van der Waals surface area contributed by atoms with Crippen molar-refractivity contribution in [2.24, 2.45) is 5.41 Å². The summed E-state index contributed by atoms with van der Waals surface area (Å²) in [6.45, 7) is 14.4. The van der Waals surface area contributed by atoms with Crippen LogP contribution in [0.3, 0.4) is 0 Å². The van der Waals surface area contributed by atoms with Crippen LogP contribution in [-0.2, 0) is 6.54 Å². The first-order valence-electron chi connectivity index (χ1n) is 10.1. The molecule has 0 aliphatic heterocycles. The molecule has 0 atom stereocenters. The lowest BCUT2D eigenvalue weighted by atomic mass is 9.72. The van der Waals surface area contributed by atoms with E-state index in [2.05, 4.69) is 107 Å². The Morgan fingerprint density at radius 1 is 1.11 bits per heavy atom. The highest BCUT2D eigenvalue weighted by Gasteiger charge is 2.26. The van der Waals surface area contributed by atoms with E-state index in [1.807, 2.05) is 0 Å². The van der Waals surface area contributed by atoms with Crippen molar-refractivity contribution in [3.63, 3.8) is 0 Å². The van der Waals surface area contributed by atoms with Crippen molar-refractivity contribution >= 4 is 0 Å². The van der Waals surface area contributed by atoms with Crippen LogP contribution in [0.15, 0.2) is 83.1 Å². The van der Waals surface area contributed by atoms with Crippen LogP contribution < -0.4 is 4.57 Å². The summed E-state index contributed by atoms with van der Waals surface area (Å²) in [6.07, 6.45) is 19.4. The van der Waals surface area contributed by atoms with Crippen molar-refractivity contribution in [1.29, 1.82) is 0 Å². The van der Waals surface area contributed by atoms with Gasteiger partial charge in [-0.2, -0.15) is 4.57 Å². The van der Waals surface area contributed by atoms with Gasteiger partial charge >= 0.3 is 0 Å². The molecule has 144 valence electrons. The van der Waals surface area contributed by atoms with Crippen LogP contribution in [-0.4, -0.2) is 0 Å². The Labute approximate surface area is 166 Å². The molecule has 1 aromatic rings. The van der Waals surface area contributed by atoms with Gasteiger partial charge in [-0.15, -0.1) is 0 Å². The van der Waals surface area contributed by atoms with Crippen LogP contribution >= 0.6 is 0 Å². The molecule has 1 heterocycles. The molecule has 0 aromatic carbocycles. The molecule has 2 rings (SSSR count). The van der Waals surface area contributed by atoms with Crippen molar-refractivity contribution in [2.75, 3.05) is 0 Å². The zero-order valence-corrected chi connectivity index (χ0v) is 18.0. The van der Waals surface area contributed by atoms with E-state index >= 15 is 0 Å². The number of aryl methyl sites for hydroxylation is 1. The molecule has 0 fully saturated rings. The molecular formula is C26H36N+. The number of rotatable bonds is 6. The Morgan fingerprint density at radius 2 is 1.89 bits per heavy atom. The Hall–Kier alpha value is -2.15. The smallest absolute Gasteiger partial charge is 0.178 e. The first-order valence-corrected chi connectivity index (χ1v) is 10.1. The van der Waals surface area contributed by atoms with Gasteiger partial charge in [0.15, 0.2) is 18.4 Å². The average Bonchev–Trinajstić information content (AvgIpc) is 2.60. The fraction of sp³-hybridized carbons (Fsp3) is 0.423. The lowest BCUT2D eigenvalue weighted by Gasteiger charge is -2.32. The third-order valence-corrected chi connectivity index (χ3v) is 5.55. The first-order chi connectivity index (χ1) is 12.8. The molecular weight excluding hydrogens is 326 g/mol. The second-order valence-corrected chi connectivity index (χ2v) is 8.48. The van der Waals surface area contributed by atoms with Crippen LogP contribution in [0.1, 0.15) is 59.6 Å². The molecule has 0 saturated carbocycles. The van der Waals surface area contributed by atoms with Gasteiger partial charge in [-0.3, -0.25) is 0 Å². The van der Waals surface area contributed by atoms with E-state index in [4.69, 9.17) is 0 Å². The molecule has 0 bridgehead atoms. The summed E-state index contributed by atoms with van der Waals surface area (Å²) >= 11 is 0. The van der Waals surface area contributed by atoms with Crippen molar-refractivity contribution in [3.8, 4) is 0 Å². The topological polar surface area (TPSA) is 3.88 Å². The van der Waals surface area contributed by atoms with E-state index in [-0.39, 0.29) is 0 Å². The van der Waals surface area contributed by atoms with Gasteiger partial charge in [-0.25, -0.2) is 0 Å². The van der Waals surface area contributed by atoms with Crippen molar-refractivity contribution in [3.05, 3.63) is 88.8 Å². The first kappa shape index (κ1) is 21.2. The summed E-state index contributed by atoms with van der Waals surface area (Å²) in [4.78, 5) is 0. The monoisotopic (exact) mass is 362 g/mol. The SMILES string of the molecule is CC(C=CC1=C(C)CCCC1(C)C)=CC=C/C(C)=C/C[n+]1ccccc1C. The Morgan fingerprint density at radius 3 is 2.59 bits per heavy atom. The number of aromatic nitrogens is 1. The zero-order valence-electron chi connectivity index (χ0n) is 18.0. The third-order valence-electron chi connectivity index (χ3n) is 5.55. The molecule has 0 N–H and O–H groups in total. The maximum atomic E-state index is 2.37. The quantitative estimate of drug-likeness (QED) is 0.386. The minimum absolute atomic E-state index is 0.307. The summed E-state index contributed by atoms with van der Waals surface area (Å²) in [5.41, 5.74) is 7.23. The van der Waals surface area contributed by atoms with E-state index in [0.29, 0.717) is 5.41 Å². The van der Waals surface area contributed by atoms with Gasteiger partial charge in [-0.1, -0.05) is 61.4 Å². The Kier molecular flexibility index (Phi) is 7.59. The fourth-order valence-electron chi connectivity index (χ4n) is 3.71. The normalized spacial score (nSPS) is 18.7. The second kappa shape index (κ2) is 9.69. The lowest BCUT2D eigenvalue weighted by molar-refractivity contribution is -0.693. The summed E-state index contributed by atoms with van der Waals surface area (Å²) < 4.78 is 2.25. The van der Waals surface area contributed by atoms with Crippen molar-refractivity contribution in [1.82, 2.24) is 0 Å². The van der Waals surface area contributed by atoms with Crippen molar-refractivity contribution in [2.45, 2.75) is 67.3 Å². The van der Waals surface area contributed by atoms with Gasteiger partial charge in [0, 0.05) is 19.1 Å². The standard InChI is InChI=1S/C26H36N/c1-21(15-16-25-23(3)13-10-18-26(25,5)6)11-9-12-22(2)17-20-27-19-8-7-14-24(27)4/h7-9,11-12,14-17,19H,10,13,18,20H2,1-6H3/q+1/b12-9?,16-15?,21-11?,22-17+. The highest BCUT2D eigenvalue weighted by Crippen LogP contribution is 2.40. The molecule has 0 amide bonds. The molecule has 0 spiro atoms. The van der Waals surface area contributed by atoms with E-state index in [1.54, 1.807) is 5.57 Å². The summed E-state index contributed by atoms with van der Waals surface area (Å²) in [5.74, 6) is 0. The fourth-order valence-corrected chi connectivity index (χ4v) is 3.71. The minimum atomic E-state index is 0.307. The van der Waals surface area contributed by atoms with Gasteiger partial charge in [-0.05, 0) is 62.7 Å². The molecule has 1 aromatic heterocycles. The van der Waals surface area contributed by atoms with E-state index in [9.17, 15) is 0 Å². The van der Waals surface area contributed by atoms with Gasteiger partial charge in [0.2, 0.25) is 0 Å². The number of allylic oxidation sites excluding steroid dienone is 10. The summed E-state index contributed by atoms with van der Waals surface area (Å²) in [5, 5.41) is 0. The molecule has 0 saturated heterocycles. The van der Waals surface area contributed by atoms with Crippen LogP contribution in [0.4, 0.5) is 0 Å². The predicted molar refractivity (Wildman–Crippen MR) is 118 cm³/mol. The highest BCUT2D eigenvalue weighted by molar-refractivity contribution is 5.37. The molecule has 0 radical (unpaired) electrons. The second-order valence-electron chi connectivity index (χ2n) is 8.48. The van der Waals surface area contributed by atoms with Crippen LogP contribution in [0.2, 0.25) is 0 Å². The molecule has 0 unspecified atom stereocenters. The molecule has 1 heteroatoms. The highest BCUT2D eigenvalue weighted by atomic mass is 14.9. The van der Waals surface area contributed by atoms with Crippen LogP contribution in [0, 0.1) is 12.3 Å². The summed E-state index contributed by atoms with van der Waals surface area (Å²) in [6, 6.07) is 6.30. The maximum absolute atomic E-state index is 2.37. The van der Waals surface area contributed by atoms with E-state index in [1.165, 1.54) is 41.7 Å². The van der Waals surface area contributed by atoms with E-state index < -0.39 is 0 Å². The largest absolute Gasteiger partial charge is 0.199 e. The van der Waals surface area contributed by atoms with Gasteiger partial charge in [0.1, 0.15) is 0 Å². The number of hydrogen-bond acceptors (Lipinski definition) is 0. The van der Waals surface area contributed by atoms with Gasteiger partial charge < -0.3 is 0 Å². The predicted octanol–water partition coefficient (Wildman–Crippen LogP) is 6.81. The number of pyridine rings is 1. The summed E-state index contributed by atoms with van der Waals surface area (Å²) in [7, 11) is 0. The van der Waals surface area contributed by atoms with E-state index in [0.717, 1.165) is 6.54 Å². The molecule has 27 heavy (non-hydrogen) atoms. The molecule has 1 aliphatic carbocycles. The average molecular weight is 363 g/mol. The number of nitrogens with zero attached hydrogens (tertiary/aromatic N) is 1. The van der Waals surface area contributed by atoms with Gasteiger partial charge in [0.05, 0.1) is 0 Å². The van der Waals surface area contributed by atoms with Crippen molar-refractivity contribution < 1.29 is 4.57 Å². The Bertz CT molecular complexity index is 797. The third kappa shape index (κ3) is 6.50. The molecule has 1 aliphatic rings.